The van der Waals surface area contributed by atoms with E-state index >= 15 is 0 Å². The first-order valence-electron chi connectivity index (χ1n) is 9.61. The number of Topliss-reactive ketones (excluding diaryl/α,β-unsaturated/α-hetero) is 1. The van der Waals surface area contributed by atoms with Crippen molar-refractivity contribution in [3.8, 4) is 0 Å². The minimum atomic E-state index is -0.180. The van der Waals surface area contributed by atoms with Crippen molar-refractivity contribution in [2.75, 3.05) is 39.9 Å². The van der Waals surface area contributed by atoms with Gasteiger partial charge in [-0.15, -0.1) is 0 Å². The Morgan fingerprint density at radius 2 is 1.85 bits per heavy atom. The molecule has 0 spiro atoms. The number of pyridine rings is 1. The molecule has 2 aliphatic rings. The van der Waals surface area contributed by atoms with Gasteiger partial charge in [0.25, 0.3) is 0 Å². The summed E-state index contributed by atoms with van der Waals surface area (Å²) >= 11 is 0. The largest absolute Gasteiger partial charge is 0.375 e. The fourth-order valence-corrected chi connectivity index (χ4v) is 3.96. The zero-order valence-electron chi connectivity index (χ0n) is 15.8. The highest BCUT2D eigenvalue weighted by atomic mass is 16.5. The summed E-state index contributed by atoms with van der Waals surface area (Å²) in [7, 11) is 1.51. The number of likely N-dealkylation sites (tertiary alicyclic amines) is 2. The maximum absolute atomic E-state index is 12.9. The fraction of sp³-hybridized carbons (Fsp3) is 0.600. The standard InChI is InChI=1S/C20H27N3O4/c1-27-14-18(24)22-11-7-15(8-12-22)20(26)23-10-4-5-16(13-23)19(25)17-6-2-3-9-21-17/h2-3,6,9,15-16H,4-5,7-8,10-14H2,1H3/t16-/m0/s1. The Hall–Kier alpha value is -2.28. The number of hydrogen-bond acceptors (Lipinski definition) is 5. The first-order valence-corrected chi connectivity index (χ1v) is 9.61. The fourth-order valence-electron chi connectivity index (χ4n) is 3.96. The second-order valence-corrected chi connectivity index (χ2v) is 7.29. The van der Waals surface area contributed by atoms with Gasteiger partial charge in [0.15, 0.2) is 5.78 Å². The van der Waals surface area contributed by atoms with Crippen LogP contribution >= 0.6 is 0 Å². The number of amides is 2. The molecule has 3 heterocycles. The van der Waals surface area contributed by atoms with Gasteiger partial charge in [-0.2, -0.15) is 0 Å². The van der Waals surface area contributed by atoms with Gasteiger partial charge in [0.05, 0.1) is 0 Å². The number of piperidine rings is 2. The molecule has 7 heteroatoms. The first kappa shape index (κ1) is 19.5. The molecule has 0 N–H and O–H groups in total. The second-order valence-electron chi connectivity index (χ2n) is 7.29. The van der Waals surface area contributed by atoms with Gasteiger partial charge < -0.3 is 14.5 Å². The Morgan fingerprint density at radius 3 is 2.52 bits per heavy atom. The lowest BCUT2D eigenvalue weighted by Gasteiger charge is -2.37. The molecule has 146 valence electrons. The third-order valence-electron chi connectivity index (χ3n) is 5.49. The zero-order valence-corrected chi connectivity index (χ0v) is 15.8. The number of carbonyl (C=O) groups excluding carboxylic acids is 3. The van der Waals surface area contributed by atoms with Crippen molar-refractivity contribution in [3.63, 3.8) is 0 Å². The van der Waals surface area contributed by atoms with Gasteiger partial charge in [-0.05, 0) is 37.8 Å². The van der Waals surface area contributed by atoms with Crippen molar-refractivity contribution in [3.05, 3.63) is 30.1 Å². The summed E-state index contributed by atoms with van der Waals surface area (Å²) in [5.41, 5.74) is 0.474. The van der Waals surface area contributed by atoms with Gasteiger partial charge in [0.1, 0.15) is 12.3 Å². The second kappa shape index (κ2) is 9.08. The van der Waals surface area contributed by atoms with Crippen LogP contribution < -0.4 is 0 Å². The molecule has 27 heavy (non-hydrogen) atoms. The Morgan fingerprint density at radius 1 is 1.07 bits per heavy atom. The molecular weight excluding hydrogens is 346 g/mol. The summed E-state index contributed by atoms with van der Waals surface area (Å²) in [5, 5.41) is 0. The molecule has 1 atom stereocenters. The molecule has 1 aromatic heterocycles. The molecule has 0 unspecified atom stereocenters. The third-order valence-corrected chi connectivity index (χ3v) is 5.49. The molecule has 7 nitrogen and oxygen atoms in total. The smallest absolute Gasteiger partial charge is 0.248 e. The summed E-state index contributed by atoms with van der Waals surface area (Å²) in [4.78, 5) is 45.2. The van der Waals surface area contributed by atoms with E-state index in [1.54, 1.807) is 23.2 Å². The van der Waals surface area contributed by atoms with Gasteiger partial charge in [0, 0.05) is 51.3 Å². The maximum Gasteiger partial charge on any atom is 0.248 e. The molecule has 1 aromatic rings. The number of hydrogen-bond donors (Lipinski definition) is 0. The van der Waals surface area contributed by atoms with Crippen LogP contribution in [0, 0.1) is 11.8 Å². The van der Waals surface area contributed by atoms with Crippen molar-refractivity contribution >= 4 is 17.6 Å². The Balaban J connectivity index is 1.55. The van der Waals surface area contributed by atoms with Crippen LogP contribution in [-0.2, 0) is 14.3 Å². The monoisotopic (exact) mass is 373 g/mol. The topological polar surface area (TPSA) is 79.8 Å². The average molecular weight is 373 g/mol. The van der Waals surface area contributed by atoms with Crippen LogP contribution in [0.1, 0.15) is 36.2 Å². The number of ether oxygens (including phenoxy) is 1. The van der Waals surface area contributed by atoms with Crippen LogP contribution in [0.5, 0.6) is 0 Å². The van der Waals surface area contributed by atoms with E-state index in [0.717, 1.165) is 12.8 Å². The minimum Gasteiger partial charge on any atom is -0.375 e. The van der Waals surface area contributed by atoms with Crippen molar-refractivity contribution < 1.29 is 19.1 Å². The van der Waals surface area contributed by atoms with Gasteiger partial charge in [-0.25, -0.2) is 0 Å². The van der Waals surface area contributed by atoms with Crippen LogP contribution in [0.3, 0.4) is 0 Å². The molecule has 3 rings (SSSR count). The molecule has 2 amide bonds. The summed E-state index contributed by atoms with van der Waals surface area (Å²) in [6.07, 6.45) is 4.59. The van der Waals surface area contributed by atoms with E-state index in [1.165, 1.54) is 7.11 Å². The number of nitrogens with zero attached hydrogens (tertiary/aromatic N) is 3. The molecule has 2 aliphatic heterocycles. The number of methoxy groups -OCH3 is 1. The van der Waals surface area contributed by atoms with Crippen LogP contribution in [0.4, 0.5) is 0 Å². The van der Waals surface area contributed by atoms with E-state index in [-0.39, 0.29) is 36.0 Å². The molecule has 0 radical (unpaired) electrons. The molecule has 0 bridgehead atoms. The summed E-state index contributed by atoms with van der Waals surface area (Å²) < 4.78 is 4.89. The summed E-state index contributed by atoms with van der Waals surface area (Å²) in [6.45, 7) is 2.43. The highest BCUT2D eigenvalue weighted by molar-refractivity contribution is 5.96. The van der Waals surface area contributed by atoms with Crippen molar-refractivity contribution in [1.29, 1.82) is 0 Å². The SMILES string of the molecule is COCC(=O)N1CCC(C(=O)N2CCC[C@H](C(=O)c3ccccn3)C2)CC1. The number of rotatable bonds is 5. The molecule has 2 fully saturated rings. The third kappa shape index (κ3) is 4.71. The van der Waals surface area contributed by atoms with E-state index in [0.29, 0.717) is 44.7 Å². The lowest BCUT2D eigenvalue weighted by atomic mass is 9.89. The summed E-state index contributed by atoms with van der Waals surface area (Å²) in [6, 6.07) is 5.33. The van der Waals surface area contributed by atoms with Crippen LogP contribution in [-0.4, -0.2) is 72.3 Å². The predicted molar refractivity (Wildman–Crippen MR) is 99.1 cm³/mol. The van der Waals surface area contributed by atoms with Crippen LogP contribution in [0.25, 0.3) is 0 Å². The molecule has 0 aromatic carbocycles. The normalized spacial score (nSPS) is 21.1. The first-order chi connectivity index (χ1) is 13.1. The van der Waals surface area contributed by atoms with Crippen LogP contribution in [0.2, 0.25) is 0 Å². The lowest BCUT2D eigenvalue weighted by Crippen LogP contribution is -2.48. The van der Waals surface area contributed by atoms with E-state index < -0.39 is 0 Å². The minimum absolute atomic E-state index is 0.0214. The van der Waals surface area contributed by atoms with Gasteiger partial charge in [0.2, 0.25) is 11.8 Å². The quantitative estimate of drug-likeness (QED) is 0.729. The van der Waals surface area contributed by atoms with Gasteiger partial charge >= 0.3 is 0 Å². The van der Waals surface area contributed by atoms with E-state index in [4.69, 9.17) is 4.74 Å². The predicted octanol–water partition coefficient (Wildman–Crippen LogP) is 1.39. The van der Waals surface area contributed by atoms with Crippen molar-refractivity contribution in [2.24, 2.45) is 11.8 Å². The Labute approximate surface area is 159 Å². The van der Waals surface area contributed by atoms with Crippen molar-refractivity contribution in [1.82, 2.24) is 14.8 Å². The zero-order chi connectivity index (χ0) is 19.2. The molecule has 0 saturated carbocycles. The highest BCUT2D eigenvalue weighted by Gasteiger charge is 2.34. The molecule has 2 saturated heterocycles. The van der Waals surface area contributed by atoms with E-state index in [2.05, 4.69) is 4.98 Å². The Kier molecular flexibility index (Phi) is 6.55. The lowest BCUT2D eigenvalue weighted by molar-refractivity contribution is -0.143. The highest BCUT2D eigenvalue weighted by Crippen LogP contribution is 2.25. The van der Waals surface area contributed by atoms with Gasteiger partial charge in [-0.1, -0.05) is 6.07 Å². The molecule has 0 aliphatic carbocycles. The van der Waals surface area contributed by atoms with Crippen LogP contribution in [0.15, 0.2) is 24.4 Å². The average Bonchev–Trinajstić information content (AvgIpc) is 2.73. The van der Waals surface area contributed by atoms with Gasteiger partial charge in [-0.3, -0.25) is 19.4 Å². The summed E-state index contributed by atoms with van der Waals surface area (Å²) in [5.74, 6) is -0.135. The Bertz CT molecular complexity index is 671. The number of carbonyl (C=O) groups is 3. The van der Waals surface area contributed by atoms with Crippen molar-refractivity contribution in [2.45, 2.75) is 25.7 Å². The van der Waals surface area contributed by atoms with E-state index in [1.807, 2.05) is 11.0 Å². The van der Waals surface area contributed by atoms with E-state index in [9.17, 15) is 14.4 Å². The molecular formula is C20H27N3O4. The number of ketones is 1. The maximum atomic E-state index is 12.9. The number of aromatic nitrogens is 1.